The third-order valence-electron chi connectivity index (χ3n) is 3.98. The van der Waals surface area contributed by atoms with Gasteiger partial charge in [0.2, 0.25) is 0 Å². The Labute approximate surface area is 106 Å². The minimum absolute atomic E-state index is 0.696. The van der Waals surface area contributed by atoms with Gasteiger partial charge in [0.05, 0.1) is 6.61 Å². The Morgan fingerprint density at radius 2 is 2.18 bits per heavy atom. The number of hydrogen-bond acceptors (Lipinski definition) is 3. The van der Waals surface area contributed by atoms with Gasteiger partial charge in [0.15, 0.2) is 0 Å². The van der Waals surface area contributed by atoms with Crippen molar-refractivity contribution in [2.24, 2.45) is 5.92 Å². The Kier molecular flexibility index (Phi) is 5.26. The van der Waals surface area contributed by atoms with Crippen molar-refractivity contribution in [1.29, 1.82) is 0 Å². The van der Waals surface area contributed by atoms with Crippen LogP contribution >= 0.6 is 0 Å². The Morgan fingerprint density at radius 3 is 2.88 bits per heavy atom. The zero-order valence-electron chi connectivity index (χ0n) is 11.5. The minimum atomic E-state index is 0.696. The molecule has 2 aliphatic rings. The van der Waals surface area contributed by atoms with E-state index in [9.17, 15) is 0 Å². The van der Waals surface area contributed by atoms with E-state index in [2.05, 4.69) is 24.1 Å². The van der Waals surface area contributed by atoms with Gasteiger partial charge >= 0.3 is 0 Å². The summed E-state index contributed by atoms with van der Waals surface area (Å²) in [6.07, 6.45) is 5.37. The zero-order chi connectivity index (χ0) is 12.1. The summed E-state index contributed by atoms with van der Waals surface area (Å²) in [4.78, 5) is 2.71. The number of nitrogens with one attached hydrogen (secondary N) is 1. The van der Waals surface area contributed by atoms with E-state index in [1.54, 1.807) is 0 Å². The predicted molar refractivity (Wildman–Crippen MR) is 71.3 cm³/mol. The summed E-state index contributed by atoms with van der Waals surface area (Å²) in [5.74, 6) is 0.752. The smallest absolute Gasteiger partial charge is 0.0622 e. The van der Waals surface area contributed by atoms with Crippen LogP contribution < -0.4 is 5.32 Å². The highest BCUT2D eigenvalue weighted by atomic mass is 16.5. The van der Waals surface area contributed by atoms with Crippen LogP contribution in [0.15, 0.2) is 0 Å². The molecule has 0 aliphatic carbocycles. The fraction of sp³-hybridized carbons (Fsp3) is 1.00. The number of ether oxygens (including phenoxy) is 1. The topological polar surface area (TPSA) is 24.5 Å². The molecule has 0 amide bonds. The van der Waals surface area contributed by atoms with Crippen LogP contribution in [0.4, 0.5) is 0 Å². The number of likely N-dealkylation sites (tertiary alicyclic amines) is 1. The standard InChI is InChI=1S/C14H28N2O/c1-12(2)9-15-10-13-5-3-4-7-16(13)14-6-8-17-11-14/h12-15H,3-11H2,1-2H3. The Hall–Kier alpha value is -0.120. The third kappa shape index (κ3) is 3.94. The van der Waals surface area contributed by atoms with Gasteiger partial charge in [-0.3, -0.25) is 4.90 Å². The number of piperidine rings is 1. The van der Waals surface area contributed by atoms with E-state index in [4.69, 9.17) is 4.74 Å². The zero-order valence-corrected chi connectivity index (χ0v) is 11.5. The Morgan fingerprint density at radius 1 is 1.29 bits per heavy atom. The maximum atomic E-state index is 5.54. The molecular weight excluding hydrogens is 212 g/mol. The van der Waals surface area contributed by atoms with Crippen molar-refractivity contribution in [2.45, 2.75) is 51.6 Å². The SMILES string of the molecule is CC(C)CNCC1CCCCN1C1CCOC1. The van der Waals surface area contributed by atoms with Gasteiger partial charge in [-0.25, -0.2) is 0 Å². The molecule has 2 saturated heterocycles. The first-order valence-corrected chi connectivity index (χ1v) is 7.31. The number of hydrogen-bond donors (Lipinski definition) is 1. The molecule has 1 N–H and O–H groups in total. The van der Waals surface area contributed by atoms with Crippen molar-refractivity contribution in [3.63, 3.8) is 0 Å². The fourth-order valence-corrected chi connectivity index (χ4v) is 3.05. The average molecular weight is 240 g/mol. The van der Waals surface area contributed by atoms with Crippen LogP contribution in [0, 0.1) is 5.92 Å². The van der Waals surface area contributed by atoms with Crippen LogP contribution in [0.25, 0.3) is 0 Å². The molecule has 2 aliphatic heterocycles. The molecule has 3 heteroatoms. The van der Waals surface area contributed by atoms with E-state index < -0.39 is 0 Å². The summed E-state index contributed by atoms with van der Waals surface area (Å²) >= 11 is 0. The monoisotopic (exact) mass is 240 g/mol. The van der Waals surface area contributed by atoms with E-state index in [-0.39, 0.29) is 0 Å². The highest BCUT2D eigenvalue weighted by Gasteiger charge is 2.30. The van der Waals surface area contributed by atoms with Gasteiger partial charge in [0, 0.05) is 25.2 Å². The van der Waals surface area contributed by atoms with Crippen molar-refractivity contribution in [3.05, 3.63) is 0 Å². The molecule has 0 aromatic rings. The van der Waals surface area contributed by atoms with Crippen molar-refractivity contribution in [2.75, 3.05) is 32.8 Å². The molecule has 0 radical (unpaired) electrons. The van der Waals surface area contributed by atoms with Crippen LogP contribution in [-0.4, -0.2) is 49.8 Å². The second kappa shape index (κ2) is 6.72. The van der Waals surface area contributed by atoms with Crippen LogP contribution in [-0.2, 0) is 4.74 Å². The third-order valence-corrected chi connectivity index (χ3v) is 3.98. The maximum absolute atomic E-state index is 5.54. The van der Waals surface area contributed by atoms with Crippen LogP contribution in [0.3, 0.4) is 0 Å². The van der Waals surface area contributed by atoms with Gasteiger partial charge in [-0.15, -0.1) is 0 Å². The molecule has 0 spiro atoms. The highest BCUT2D eigenvalue weighted by Crippen LogP contribution is 2.23. The largest absolute Gasteiger partial charge is 0.380 e. The lowest BCUT2D eigenvalue weighted by Gasteiger charge is -2.39. The van der Waals surface area contributed by atoms with E-state index >= 15 is 0 Å². The Bertz CT molecular complexity index is 214. The molecular formula is C14H28N2O. The second-order valence-electron chi connectivity index (χ2n) is 5.96. The highest BCUT2D eigenvalue weighted by molar-refractivity contribution is 4.86. The summed E-state index contributed by atoms with van der Waals surface area (Å²) < 4.78 is 5.54. The van der Waals surface area contributed by atoms with Gasteiger partial charge < -0.3 is 10.1 Å². The first kappa shape index (κ1) is 13.3. The lowest BCUT2D eigenvalue weighted by Crippen LogP contribution is -2.51. The van der Waals surface area contributed by atoms with Crippen LogP contribution in [0.5, 0.6) is 0 Å². The van der Waals surface area contributed by atoms with Crippen molar-refractivity contribution in [3.8, 4) is 0 Å². The molecule has 0 aromatic carbocycles. The molecule has 0 bridgehead atoms. The van der Waals surface area contributed by atoms with Crippen LogP contribution in [0.1, 0.15) is 39.5 Å². The maximum Gasteiger partial charge on any atom is 0.0622 e. The summed E-state index contributed by atoms with van der Waals surface area (Å²) in [7, 11) is 0. The van der Waals surface area contributed by atoms with Gasteiger partial charge in [-0.2, -0.15) is 0 Å². The molecule has 2 atom stereocenters. The summed E-state index contributed by atoms with van der Waals surface area (Å²) in [5.41, 5.74) is 0. The molecule has 2 unspecified atom stereocenters. The lowest BCUT2D eigenvalue weighted by molar-refractivity contribution is 0.0796. The Balaban J connectivity index is 1.79. The van der Waals surface area contributed by atoms with Crippen LogP contribution in [0.2, 0.25) is 0 Å². The normalized spacial score (nSPS) is 31.2. The summed E-state index contributed by atoms with van der Waals surface area (Å²) in [6, 6.07) is 1.44. The molecule has 100 valence electrons. The summed E-state index contributed by atoms with van der Waals surface area (Å²) in [6.45, 7) is 10.1. The van der Waals surface area contributed by atoms with E-state index in [1.807, 2.05) is 0 Å². The minimum Gasteiger partial charge on any atom is -0.380 e. The molecule has 17 heavy (non-hydrogen) atoms. The molecule has 2 rings (SSSR count). The van der Waals surface area contributed by atoms with Crippen molar-refractivity contribution in [1.82, 2.24) is 10.2 Å². The molecule has 0 saturated carbocycles. The average Bonchev–Trinajstić information content (AvgIpc) is 2.82. The molecule has 0 aromatic heterocycles. The first-order valence-electron chi connectivity index (χ1n) is 7.31. The molecule has 2 fully saturated rings. The van der Waals surface area contributed by atoms with E-state index in [0.717, 1.165) is 38.3 Å². The lowest BCUT2D eigenvalue weighted by atomic mass is 9.99. The van der Waals surface area contributed by atoms with Crippen molar-refractivity contribution >= 4 is 0 Å². The van der Waals surface area contributed by atoms with Gasteiger partial charge in [-0.05, 0) is 38.3 Å². The number of nitrogens with zero attached hydrogens (tertiary/aromatic N) is 1. The molecule has 2 heterocycles. The molecule has 3 nitrogen and oxygen atoms in total. The second-order valence-corrected chi connectivity index (χ2v) is 5.96. The predicted octanol–water partition coefficient (Wildman–Crippen LogP) is 1.88. The van der Waals surface area contributed by atoms with E-state index in [0.29, 0.717) is 6.04 Å². The fourth-order valence-electron chi connectivity index (χ4n) is 3.05. The quantitative estimate of drug-likeness (QED) is 0.794. The first-order chi connectivity index (χ1) is 8.27. The number of rotatable bonds is 5. The van der Waals surface area contributed by atoms with Crippen molar-refractivity contribution < 1.29 is 4.74 Å². The van der Waals surface area contributed by atoms with E-state index in [1.165, 1.54) is 32.2 Å². The summed E-state index contributed by atoms with van der Waals surface area (Å²) in [5, 5.41) is 3.63. The van der Waals surface area contributed by atoms with Gasteiger partial charge in [-0.1, -0.05) is 20.3 Å². The van der Waals surface area contributed by atoms with Gasteiger partial charge in [0.1, 0.15) is 0 Å². The van der Waals surface area contributed by atoms with Gasteiger partial charge in [0.25, 0.3) is 0 Å².